The highest BCUT2D eigenvalue weighted by molar-refractivity contribution is 5.99. The van der Waals surface area contributed by atoms with Gasteiger partial charge in [-0.2, -0.15) is 0 Å². The quantitative estimate of drug-likeness (QED) is 0.896. The second-order valence-electron chi connectivity index (χ2n) is 4.97. The third kappa shape index (κ3) is 4.15. The lowest BCUT2D eigenvalue weighted by atomic mass is 10.1. The lowest BCUT2D eigenvalue weighted by molar-refractivity contribution is -0.122. The number of methoxy groups -OCH3 is 3. The fourth-order valence-corrected chi connectivity index (χ4v) is 1.81. The largest absolute Gasteiger partial charge is 0.493 e. The van der Waals surface area contributed by atoms with Gasteiger partial charge in [-0.1, -0.05) is 0 Å². The molecule has 0 spiro atoms. The number of hydrogen-bond donors (Lipinski definition) is 1. The van der Waals surface area contributed by atoms with E-state index in [-0.39, 0.29) is 18.3 Å². The fraction of sp³-hybridized carbons (Fsp3) is 0.500. The molecule has 0 atom stereocenters. The van der Waals surface area contributed by atoms with E-state index in [9.17, 15) is 4.79 Å². The number of likely N-dealkylation sites (N-methyl/N-ethyl adjacent to an activating group) is 1. The summed E-state index contributed by atoms with van der Waals surface area (Å²) in [4.78, 5) is 13.7. The Morgan fingerprint density at radius 2 is 1.52 bits per heavy atom. The topological polar surface area (TPSA) is 74.0 Å². The van der Waals surface area contributed by atoms with E-state index in [0.717, 1.165) is 0 Å². The van der Waals surface area contributed by atoms with Crippen molar-refractivity contribution in [2.45, 2.75) is 19.4 Å². The maximum atomic E-state index is 12.2. The van der Waals surface area contributed by atoms with Crippen LogP contribution in [0.5, 0.6) is 17.2 Å². The van der Waals surface area contributed by atoms with E-state index in [0.29, 0.717) is 22.9 Å². The molecule has 7 heteroatoms. The van der Waals surface area contributed by atoms with Gasteiger partial charge < -0.3 is 24.8 Å². The predicted octanol–water partition coefficient (Wildman–Crippen LogP) is 1.83. The highest BCUT2D eigenvalue weighted by Crippen LogP contribution is 2.41. The summed E-state index contributed by atoms with van der Waals surface area (Å²) in [5, 5.41) is 0. The van der Waals surface area contributed by atoms with Crippen molar-refractivity contribution in [2.24, 2.45) is 5.73 Å². The zero-order valence-electron chi connectivity index (χ0n) is 13.2. The monoisotopic (exact) mass is 318 g/mol. The van der Waals surface area contributed by atoms with Crippen LogP contribution in [0.2, 0.25) is 0 Å². The summed E-state index contributed by atoms with van der Waals surface area (Å²) < 4.78 is 15.8. The zero-order chi connectivity index (χ0) is 15.5. The molecule has 0 aliphatic rings. The smallest absolute Gasteiger partial charge is 0.246 e. The molecule has 0 saturated carbocycles. The number of nitrogens with two attached hydrogens (primary N) is 1. The minimum atomic E-state index is -0.963. The van der Waals surface area contributed by atoms with Crippen molar-refractivity contribution in [3.05, 3.63) is 12.1 Å². The number of rotatable bonds is 5. The summed E-state index contributed by atoms with van der Waals surface area (Å²) in [5.74, 6) is 1.23. The van der Waals surface area contributed by atoms with Crippen LogP contribution in [0.25, 0.3) is 0 Å². The molecule has 6 nitrogen and oxygen atoms in total. The normalized spacial score (nSPS) is 10.4. The van der Waals surface area contributed by atoms with E-state index in [1.807, 2.05) is 0 Å². The molecule has 0 heterocycles. The predicted molar refractivity (Wildman–Crippen MR) is 85.0 cm³/mol. The minimum Gasteiger partial charge on any atom is -0.493 e. The Bertz CT molecular complexity index is 475. The van der Waals surface area contributed by atoms with Crippen molar-refractivity contribution in [3.8, 4) is 17.2 Å². The number of halogens is 1. The highest BCUT2D eigenvalue weighted by Gasteiger charge is 2.27. The van der Waals surface area contributed by atoms with Crippen LogP contribution < -0.4 is 24.8 Å². The second kappa shape index (κ2) is 7.38. The number of amides is 1. The van der Waals surface area contributed by atoms with Gasteiger partial charge in [-0.25, -0.2) is 0 Å². The number of hydrogen-bond acceptors (Lipinski definition) is 5. The molecule has 1 amide bonds. The molecule has 0 aliphatic heterocycles. The van der Waals surface area contributed by atoms with E-state index in [1.165, 1.54) is 26.2 Å². The molecule has 0 aliphatic carbocycles. The molecule has 120 valence electrons. The maximum Gasteiger partial charge on any atom is 0.246 e. The Kier molecular flexibility index (Phi) is 6.79. The Hall–Kier alpha value is -1.66. The Labute approximate surface area is 131 Å². The summed E-state index contributed by atoms with van der Waals surface area (Å²) in [6.45, 7) is 3.31. The SMILES string of the molecule is COc1cc(N(C)C(=O)C(C)(C)N)cc(OC)c1OC.Cl. The molecule has 0 fully saturated rings. The Balaban J connectivity index is 0.00000400. The van der Waals surface area contributed by atoms with Gasteiger partial charge in [0.1, 0.15) is 0 Å². The highest BCUT2D eigenvalue weighted by atomic mass is 35.5. The van der Waals surface area contributed by atoms with Gasteiger partial charge in [0, 0.05) is 19.2 Å². The van der Waals surface area contributed by atoms with E-state index in [2.05, 4.69) is 0 Å². The van der Waals surface area contributed by atoms with E-state index < -0.39 is 5.54 Å². The van der Waals surface area contributed by atoms with Gasteiger partial charge in [0.05, 0.1) is 32.6 Å². The van der Waals surface area contributed by atoms with Gasteiger partial charge in [0.25, 0.3) is 0 Å². The van der Waals surface area contributed by atoms with Crippen LogP contribution in [0.15, 0.2) is 12.1 Å². The van der Waals surface area contributed by atoms with E-state index in [4.69, 9.17) is 19.9 Å². The first-order valence-electron chi connectivity index (χ1n) is 6.13. The van der Waals surface area contributed by atoms with Gasteiger partial charge >= 0.3 is 0 Å². The van der Waals surface area contributed by atoms with Gasteiger partial charge in [0.2, 0.25) is 11.7 Å². The molecule has 0 bridgehead atoms. The maximum absolute atomic E-state index is 12.2. The van der Waals surface area contributed by atoms with Crippen LogP contribution in [0.4, 0.5) is 5.69 Å². The van der Waals surface area contributed by atoms with Crippen LogP contribution in [-0.2, 0) is 4.79 Å². The summed E-state index contributed by atoms with van der Waals surface area (Å²) in [7, 11) is 6.22. The van der Waals surface area contributed by atoms with Crippen molar-refractivity contribution in [2.75, 3.05) is 33.3 Å². The van der Waals surface area contributed by atoms with Crippen LogP contribution in [0, 0.1) is 0 Å². The van der Waals surface area contributed by atoms with Gasteiger partial charge in [0.15, 0.2) is 11.5 Å². The van der Waals surface area contributed by atoms with Crippen molar-refractivity contribution in [3.63, 3.8) is 0 Å². The van der Waals surface area contributed by atoms with E-state index >= 15 is 0 Å². The van der Waals surface area contributed by atoms with Crippen molar-refractivity contribution >= 4 is 24.0 Å². The molecular formula is C14H23ClN2O4. The molecule has 21 heavy (non-hydrogen) atoms. The van der Waals surface area contributed by atoms with Gasteiger partial charge in [-0.15, -0.1) is 12.4 Å². The molecule has 0 saturated heterocycles. The summed E-state index contributed by atoms with van der Waals surface area (Å²) in [6.07, 6.45) is 0. The number of anilines is 1. The number of benzene rings is 1. The Morgan fingerprint density at radius 1 is 1.10 bits per heavy atom. The van der Waals surface area contributed by atoms with Crippen LogP contribution in [-0.4, -0.2) is 39.8 Å². The van der Waals surface area contributed by atoms with Crippen molar-refractivity contribution in [1.82, 2.24) is 0 Å². The molecule has 0 aromatic heterocycles. The third-order valence-corrected chi connectivity index (χ3v) is 2.89. The molecule has 2 N–H and O–H groups in total. The molecule has 0 radical (unpaired) electrons. The molecule has 1 aromatic carbocycles. The van der Waals surface area contributed by atoms with Crippen molar-refractivity contribution < 1.29 is 19.0 Å². The minimum absolute atomic E-state index is 0. The first-order chi connectivity index (χ1) is 9.26. The zero-order valence-corrected chi connectivity index (χ0v) is 14.0. The first-order valence-corrected chi connectivity index (χ1v) is 6.13. The lowest BCUT2D eigenvalue weighted by Crippen LogP contribution is -2.49. The van der Waals surface area contributed by atoms with Crippen molar-refractivity contribution in [1.29, 1.82) is 0 Å². The molecule has 1 rings (SSSR count). The van der Waals surface area contributed by atoms with Crippen LogP contribution >= 0.6 is 12.4 Å². The molecular weight excluding hydrogens is 296 g/mol. The summed E-state index contributed by atoms with van der Waals surface area (Å²) in [5.41, 5.74) is 5.49. The van der Waals surface area contributed by atoms with Gasteiger partial charge in [-0.3, -0.25) is 4.79 Å². The van der Waals surface area contributed by atoms with Gasteiger partial charge in [-0.05, 0) is 13.8 Å². The number of nitrogens with zero attached hydrogens (tertiary/aromatic N) is 1. The molecule has 0 unspecified atom stereocenters. The number of carbonyl (C=O) groups excluding carboxylic acids is 1. The number of carbonyl (C=O) groups is 1. The Morgan fingerprint density at radius 3 is 1.81 bits per heavy atom. The van der Waals surface area contributed by atoms with Crippen LogP contribution in [0.1, 0.15) is 13.8 Å². The third-order valence-electron chi connectivity index (χ3n) is 2.89. The number of ether oxygens (including phenoxy) is 3. The average Bonchev–Trinajstić information content (AvgIpc) is 2.42. The summed E-state index contributed by atoms with van der Waals surface area (Å²) >= 11 is 0. The van der Waals surface area contributed by atoms with Crippen LogP contribution in [0.3, 0.4) is 0 Å². The fourth-order valence-electron chi connectivity index (χ4n) is 1.81. The average molecular weight is 319 g/mol. The second-order valence-corrected chi connectivity index (χ2v) is 4.97. The standard InChI is InChI=1S/C14H22N2O4.ClH/c1-14(2,15)13(17)16(3)9-7-10(18-4)12(20-6)11(8-9)19-5;/h7-8H,15H2,1-6H3;1H. The first kappa shape index (κ1) is 19.3. The molecule has 1 aromatic rings. The van der Waals surface area contributed by atoms with E-state index in [1.54, 1.807) is 33.0 Å². The summed E-state index contributed by atoms with van der Waals surface area (Å²) in [6, 6.07) is 3.40. The lowest BCUT2D eigenvalue weighted by Gasteiger charge is -2.27.